The smallest absolute Gasteiger partial charge is 0.241 e. The summed E-state index contributed by atoms with van der Waals surface area (Å²) in [6, 6.07) is 2.44. The molecule has 98 valence electrons. The molecule has 0 radical (unpaired) electrons. The molecule has 6 atom stereocenters. The van der Waals surface area contributed by atoms with E-state index in [1.807, 2.05) is 4.90 Å². The zero-order valence-corrected chi connectivity index (χ0v) is 11.1. The molecule has 18 heavy (non-hydrogen) atoms. The van der Waals surface area contributed by atoms with E-state index in [1.165, 1.54) is 0 Å². The number of rotatable bonds is 2. The van der Waals surface area contributed by atoms with Crippen LogP contribution >= 0.6 is 0 Å². The van der Waals surface area contributed by atoms with E-state index >= 15 is 0 Å². The molecule has 3 aliphatic rings. The van der Waals surface area contributed by atoms with Gasteiger partial charge in [-0.05, 0) is 37.1 Å². The first-order valence-electron chi connectivity index (χ1n) is 7.14. The van der Waals surface area contributed by atoms with E-state index in [4.69, 9.17) is 0 Å². The average molecular weight is 247 g/mol. The first-order chi connectivity index (χ1) is 8.69. The Morgan fingerprint density at radius 1 is 1.56 bits per heavy atom. The fraction of sp³-hybridized carbons (Fsp3) is 0.857. The Morgan fingerprint density at radius 3 is 3.00 bits per heavy atom. The maximum Gasteiger partial charge on any atom is 0.241 e. The third-order valence-electron chi connectivity index (χ3n) is 5.21. The maximum atomic E-state index is 12.7. The highest BCUT2D eigenvalue weighted by molar-refractivity contribution is 5.84. The highest BCUT2D eigenvalue weighted by Gasteiger charge is 2.61. The lowest BCUT2D eigenvalue weighted by atomic mass is 9.96. The number of amides is 1. The van der Waals surface area contributed by atoms with Crippen molar-refractivity contribution >= 4 is 5.91 Å². The second-order valence-corrected chi connectivity index (χ2v) is 6.03. The zero-order valence-electron chi connectivity index (χ0n) is 11.1. The molecule has 2 saturated heterocycles. The van der Waals surface area contributed by atoms with Gasteiger partial charge in [-0.15, -0.1) is 0 Å². The van der Waals surface area contributed by atoms with Gasteiger partial charge in [0.2, 0.25) is 5.91 Å². The molecule has 0 bridgehead atoms. The minimum absolute atomic E-state index is 0.0441. The first kappa shape index (κ1) is 12.0. The lowest BCUT2D eigenvalue weighted by Crippen LogP contribution is -2.49. The molecule has 1 aliphatic carbocycles. The number of hydrogen-bond donors (Lipinski definition) is 1. The van der Waals surface area contributed by atoms with Gasteiger partial charge in [0, 0.05) is 6.04 Å². The van der Waals surface area contributed by atoms with Crippen molar-refractivity contribution in [3.63, 3.8) is 0 Å². The van der Waals surface area contributed by atoms with Gasteiger partial charge in [-0.2, -0.15) is 5.26 Å². The molecule has 3 fully saturated rings. The number of nitriles is 1. The van der Waals surface area contributed by atoms with Crippen LogP contribution in [0.4, 0.5) is 0 Å². The van der Waals surface area contributed by atoms with Gasteiger partial charge >= 0.3 is 0 Å². The van der Waals surface area contributed by atoms with E-state index < -0.39 is 0 Å². The van der Waals surface area contributed by atoms with Crippen LogP contribution in [0.3, 0.4) is 0 Å². The Kier molecular flexibility index (Phi) is 2.82. The molecule has 1 amide bonds. The number of piperidine rings is 1. The summed E-state index contributed by atoms with van der Waals surface area (Å²) < 4.78 is 0. The molecule has 4 nitrogen and oxygen atoms in total. The topological polar surface area (TPSA) is 56.1 Å². The minimum atomic E-state index is -0.177. The van der Waals surface area contributed by atoms with E-state index in [1.54, 1.807) is 0 Å². The van der Waals surface area contributed by atoms with Gasteiger partial charge < -0.3 is 10.2 Å². The number of carbonyl (C=O) groups excluding carboxylic acids is 1. The molecule has 2 heterocycles. The third-order valence-corrected chi connectivity index (χ3v) is 5.21. The van der Waals surface area contributed by atoms with Gasteiger partial charge in [0.05, 0.1) is 12.1 Å². The standard InChI is InChI=1S/C14H21N3O/c1-3-9-4-5-16-12(9)14(18)17-10(7-15)6-11-8(2)13(11)17/h8-13,16H,3-6H2,1-2H3/t8-,9?,10-,11+,12-,13-/m0/s1. The summed E-state index contributed by atoms with van der Waals surface area (Å²) in [6.07, 6.45) is 3.01. The molecule has 2 aliphatic heterocycles. The highest BCUT2D eigenvalue weighted by Crippen LogP contribution is 2.53. The molecule has 0 aromatic carbocycles. The van der Waals surface area contributed by atoms with Crippen LogP contribution in [0, 0.1) is 29.1 Å². The molecular formula is C14H21N3O. The van der Waals surface area contributed by atoms with Gasteiger partial charge in [0.25, 0.3) is 0 Å². The summed E-state index contributed by atoms with van der Waals surface area (Å²) >= 11 is 0. The molecule has 0 aromatic heterocycles. The van der Waals surface area contributed by atoms with Crippen molar-refractivity contribution in [1.82, 2.24) is 10.2 Å². The molecular weight excluding hydrogens is 226 g/mol. The largest absolute Gasteiger partial charge is 0.322 e. The van der Waals surface area contributed by atoms with Crippen LogP contribution in [0.15, 0.2) is 0 Å². The Hall–Kier alpha value is -1.08. The Labute approximate surface area is 108 Å². The molecule has 0 spiro atoms. The minimum Gasteiger partial charge on any atom is -0.322 e. The van der Waals surface area contributed by atoms with Crippen molar-refractivity contribution in [3.05, 3.63) is 0 Å². The molecule has 1 saturated carbocycles. The second kappa shape index (κ2) is 4.24. The van der Waals surface area contributed by atoms with Crippen molar-refractivity contribution in [2.75, 3.05) is 6.54 Å². The SMILES string of the molecule is CCC1CCN[C@@H]1C(=O)N1[C@H]2[C@@H](C)[C@H]2C[C@H]1C#N. The number of nitrogens with zero attached hydrogens (tertiary/aromatic N) is 2. The summed E-state index contributed by atoms with van der Waals surface area (Å²) in [5, 5.41) is 12.5. The summed E-state index contributed by atoms with van der Waals surface area (Å²) in [5.41, 5.74) is 0. The first-order valence-corrected chi connectivity index (χ1v) is 7.14. The molecule has 3 rings (SSSR count). The van der Waals surface area contributed by atoms with E-state index in [0.29, 0.717) is 23.8 Å². The third kappa shape index (κ3) is 1.57. The summed E-state index contributed by atoms with van der Waals surface area (Å²) in [7, 11) is 0. The Balaban J connectivity index is 1.77. The van der Waals surface area contributed by atoms with Crippen molar-refractivity contribution in [1.29, 1.82) is 5.26 Å². The summed E-state index contributed by atoms with van der Waals surface area (Å²) in [4.78, 5) is 14.6. The van der Waals surface area contributed by atoms with E-state index in [-0.39, 0.29) is 18.0 Å². The predicted octanol–water partition coefficient (Wildman–Crippen LogP) is 1.13. The van der Waals surface area contributed by atoms with E-state index in [9.17, 15) is 10.1 Å². The van der Waals surface area contributed by atoms with Gasteiger partial charge in [0.15, 0.2) is 0 Å². The molecule has 4 heteroatoms. The zero-order chi connectivity index (χ0) is 12.9. The van der Waals surface area contributed by atoms with Crippen LogP contribution in [0.1, 0.15) is 33.1 Å². The highest BCUT2D eigenvalue weighted by atomic mass is 16.2. The Bertz CT molecular complexity index is 402. The van der Waals surface area contributed by atoms with Crippen LogP contribution in [-0.4, -0.2) is 35.5 Å². The van der Waals surface area contributed by atoms with Crippen LogP contribution in [-0.2, 0) is 4.79 Å². The quantitative estimate of drug-likeness (QED) is 0.796. The van der Waals surface area contributed by atoms with E-state index in [2.05, 4.69) is 25.2 Å². The number of fused-ring (bicyclic) bond motifs is 1. The molecule has 1 N–H and O–H groups in total. The molecule has 0 aromatic rings. The maximum absolute atomic E-state index is 12.7. The van der Waals surface area contributed by atoms with Crippen molar-refractivity contribution in [2.24, 2.45) is 17.8 Å². The van der Waals surface area contributed by atoms with Gasteiger partial charge in [0.1, 0.15) is 6.04 Å². The second-order valence-electron chi connectivity index (χ2n) is 6.03. The van der Waals surface area contributed by atoms with Gasteiger partial charge in [-0.25, -0.2) is 0 Å². The lowest BCUT2D eigenvalue weighted by molar-refractivity contribution is -0.135. The number of nitrogens with one attached hydrogen (secondary N) is 1. The van der Waals surface area contributed by atoms with Crippen LogP contribution in [0.2, 0.25) is 0 Å². The van der Waals surface area contributed by atoms with Gasteiger partial charge in [-0.1, -0.05) is 20.3 Å². The van der Waals surface area contributed by atoms with Gasteiger partial charge in [-0.3, -0.25) is 4.79 Å². The number of carbonyl (C=O) groups is 1. The lowest BCUT2D eigenvalue weighted by Gasteiger charge is -2.29. The van der Waals surface area contributed by atoms with Crippen molar-refractivity contribution < 1.29 is 4.79 Å². The molecule has 1 unspecified atom stereocenters. The van der Waals surface area contributed by atoms with Crippen LogP contribution < -0.4 is 5.32 Å². The fourth-order valence-electron chi connectivity index (χ4n) is 3.98. The van der Waals surface area contributed by atoms with Crippen LogP contribution in [0.25, 0.3) is 0 Å². The fourth-order valence-corrected chi connectivity index (χ4v) is 3.98. The summed E-state index contributed by atoms with van der Waals surface area (Å²) in [6.45, 7) is 5.28. The average Bonchev–Trinajstić information content (AvgIpc) is 2.82. The van der Waals surface area contributed by atoms with Crippen molar-refractivity contribution in [2.45, 2.75) is 51.2 Å². The van der Waals surface area contributed by atoms with Crippen LogP contribution in [0.5, 0.6) is 0 Å². The number of hydrogen-bond acceptors (Lipinski definition) is 3. The predicted molar refractivity (Wildman–Crippen MR) is 67.5 cm³/mol. The summed E-state index contributed by atoms with van der Waals surface area (Å²) in [5.74, 6) is 1.81. The normalized spacial score (nSPS) is 45.7. The monoisotopic (exact) mass is 247 g/mol. The number of likely N-dealkylation sites (tertiary alicyclic amines) is 1. The van der Waals surface area contributed by atoms with E-state index in [0.717, 1.165) is 25.8 Å². The Morgan fingerprint density at radius 2 is 2.33 bits per heavy atom. The van der Waals surface area contributed by atoms with Crippen molar-refractivity contribution in [3.8, 4) is 6.07 Å².